The van der Waals surface area contributed by atoms with Gasteiger partial charge in [0, 0.05) is 5.56 Å². The van der Waals surface area contributed by atoms with Gasteiger partial charge in [0.2, 0.25) is 5.78 Å². The highest BCUT2D eigenvalue weighted by molar-refractivity contribution is 6.05. The topological polar surface area (TPSA) is 52.3 Å². The second-order valence-corrected chi connectivity index (χ2v) is 3.12. The maximum absolute atomic E-state index is 11.8. The highest BCUT2D eigenvalue weighted by atomic mass is 16.5. The van der Waals surface area contributed by atoms with Crippen LogP contribution in [0.1, 0.15) is 23.2 Å². The van der Waals surface area contributed by atoms with Gasteiger partial charge in [-0.05, 0) is 31.2 Å². The van der Waals surface area contributed by atoms with Gasteiger partial charge in [-0.1, -0.05) is 0 Å². The van der Waals surface area contributed by atoms with E-state index in [9.17, 15) is 4.79 Å². The molecule has 0 aliphatic carbocycles. The van der Waals surface area contributed by atoms with Crippen LogP contribution in [0.4, 0.5) is 0 Å². The van der Waals surface area contributed by atoms with Crippen LogP contribution in [0.15, 0.2) is 41.1 Å². The van der Waals surface area contributed by atoms with E-state index in [4.69, 9.17) is 9.15 Å². The van der Waals surface area contributed by atoms with Gasteiger partial charge in [-0.25, -0.2) is 4.98 Å². The van der Waals surface area contributed by atoms with Crippen molar-refractivity contribution in [1.82, 2.24) is 4.98 Å². The molecule has 0 fully saturated rings. The number of carbonyl (C=O) groups excluding carboxylic acids is 1. The predicted octanol–water partition coefficient (Wildman–Crippen LogP) is 2.30. The van der Waals surface area contributed by atoms with Gasteiger partial charge in [-0.15, -0.1) is 0 Å². The van der Waals surface area contributed by atoms with Gasteiger partial charge < -0.3 is 9.15 Å². The van der Waals surface area contributed by atoms with Crippen LogP contribution in [0.5, 0.6) is 5.75 Å². The summed E-state index contributed by atoms with van der Waals surface area (Å²) in [7, 11) is 0. The number of hydrogen-bond acceptors (Lipinski definition) is 4. The molecule has 0 N–H and O–H groups in total. The Morgan fingerprint density at radius 2 is 2.12 bits per heavy atom. The van der Waals surface area contributed by atoms with Gasteiger partial charge in [-0.2, -0.15) is 0 Å². The third kappa shape index (κ3) is 2.11. The van der Waals surface area contributed by atoms with E-state index in [1.807, 2.05) is 6.92 Å². The van der Waals surface area contributed by atoms with Crippen molar-refractivity contribution < 1.29 is 13.9 Å². The molecule has 0 unspecified atom stereocenters. The number of hydrogen-bond donors (Lipinski definition) is 0. The lowest BCUT2D eigenvalue weighted by atomic mass is 10.1. The Kier molecular flexibility index (Phi) is 3.00. The summed E-state index contributed by atoms with van der Waals surface area (Å²) in [5.41, 5.74) is 0.533. The summed E-state index contributed by atoms with van der Waals surface area (Å²) in [5.74, 6) is 0.615. The Morgan fingerprint density at radius 1 is 1.38 bits per heavy atom. The average Bonchev–Trinajstić information content (AvgIpc) is 2.83. The van der Waals surface area contributed by atoms with E-state index in [2.05, 4.69) is 4.98 Å². The number of ketones is 1. The first-order valence-corrected chi connectivity index (χ1v) is 4.98. The summed E-state index contributed by atoms with van der Waals surface area (Å²) in [6.07, 6.45) is 2.82. The molecule has 0 aliphatic rings. The van der Waals surface area contributed by atoms with Crippen molar-refractivity contribution in [2.75, 3.05) is 6.61 Å². The molecule has 0 bridgehead atoms. The zero-order valence-electron chi connectivity index (χ0n) is 8.84. The van der Waals surface area contributed by atoms with E-state index in [1.54, 1.807) is 24.3 Å². The van der Waals surface area contributed by atoms with Gasteiger partial charge >= 0.3 is 0 Å². The van der Waals surface area contributed by atoms with E-state index < -0.39 is 0 Å². The third-order valence-corrected chi connectivity index (χ3v) is 2.05. The molecule has 0 saturated heterocycles. The molecule has 0 spiro atoms. The number of aromatic nitrogens is 1. The van der Waals surface area contributed by atoms with E-state index in [0.717, 1.165) is 5.75 Å². The fourth-order valence-electron chi connectivity index (χ4n) is 1.33. The molecule has 1 heterocycles. The van der Waals surface area contributed by atoms with Crippen LogP contribution in [0, 0.1) is 0 Å². The minimum Gasteiger partial charge on any atom is -0.494 e. The number of benzene rings is 1. The van der Waals surface area contributed by atoms with Gasteiger partial charge in [0.25, 0.3) is 5.89 Å². The molecule has 0 radical (unpaired) electrons. The number of nitrogens with zero attached hydrogens (tertiary/aromatic N) is 1. The maximum atomic E-state index is 11.8. The Bertz CT molecular complexity index is 460. The van der Waals surface area contributed by atoms with Crippen molar-refractivity contribution in [3.8, 4) is 5.75 Å². The summed E-state index contributed by atoms with van der Waals surface area (Å²) in [6, 6.07) is 6.88. The molecule has 4 heteroatoms. The molecule has 2 rings (SSSR count). The molecule has 0 atom stereocenters. The highest BCUT2D eigenvalue weighted by Crippen LogP contribution is 2.14. The molecule has 0 aliphatic heterocycles. The Hall–Kier alpha value is -2.10. The largest absolute Gasteiger partial charge is 0.494 e. The summed E-state index contributed by atoms with van der Waals surface area (Å²) in [5, 5.41) is 0. The van der Waals surface area contributed by atoms with Crippen LogP contribution in [0.25, 0.3) is 0 Å². The van der Waals surface area contributed by atoms with Crippen LogP contribution in [-0.2, 0) is 0 Å². The summed E-state index contributed by atoms with van der Waals surface area (Å²) in [6.45, 7) is 2.51. The van der Waals surface area contributed by atoms with Crippen LogP contribution >= 0.6 is 0 Å². The van der Waals surface area contributed by atoms with Crippen molar-refractivity contribution in [3.05, 3.63) is 48.2 Å². The molecule has 1 aromatic heterocycles. The zero-order valence-corrected chi connectivity index (χ0v) is 8.84. The Morgan fingerprint density at radius 3 is 2.69 bits per heavy atom. The maximum Gasteiger partial charge on any atom is 0.268 e. The smallest absolute Gasteiger partial charge is 0.268 e. The number of ether oxygens (including phenoxy) is 1. The van der Waals surface area contributed by atoms with E-state index in [1.165, 1.54) is 12.5 Å². The number of carbonyl (C=O) groups is 1. The first-order chi connectivity index (χ1) is 7.81. The van der Waals surface area contributed by atoms with Crippen molar-refractivity contribution in [3.63, 3.8) is 0 Å². The van der Waals surface area contributed by atoms with E-state index in [-0.39, 0.29) is 11.7 Å². The van der Waals surface area contributed by atoms with Crippen LogP contribution in [0.3, 0.4) is 0 Å². The molecule has 0 amide bonds. The van der Waals surface area contributed by atoms with E-state index in [0.29, 0.717) is 12.2 Å². The fourth-order valence-corrected chi connectivity index (χ4v) is 1.33. The molecule has 4 nitrogen and oxygen atoms in total. The minimum absolute atomic E-state index is 0.101. The molecule has 2 aromatic rings. The molecule has 0 saturated carbocycles. The van der Waals surface area contributed by atoms with Crippen molar-refractivity contribution in [2.24, 2.45) is 0 Å². The minimum atomic E-state index is -0.229. The first-order valence-electron chi connectivity index (χ1n) is 4.98. The van der Waals surface area contributed by atoms with Crippen LogP contribution in [-0.4, -0.2) is 17.4 Å². The Labute approximate surface area is 92.9 Å². The quantitative estimate of drug-likeness (QED) is 0.737. The fraction of sp³-hybridized carbons (Fsp3) is 0.167. The molecule has 1 aromatic carbocycles. The molecule has 16 heavy (non-hydrogen) atoms. The number of oxazole rings is 1. The zero-order chi connectivity index (χ0) is 11.4. The molecular weight excluding hydrogens is 206 g/mol. The number of rotatable bonds is 4. The van der Waals surface area contributed by atoms with Crippen molar-refractivity contribution in [1.29, 1.82) is 0 Å². The SMILES string of the molecule is CCOc1ccc(C(=O)c2ncco2)cc1. The normalized spacial score (nSPS) is 10.1. The lowest BCUT2D eigenvalue weighted by Gasteiger charge is -2.02. The summed E-state index contributed by atoms with van der Waals surface area (Å²) < 4.78 is 10.2. The highest BCUT2D eigenvalue weighted by Gasteiger charge is 2.12. The average molecular weight is 217 g/mol. The second-order valence-electron chi connectivity index (χ2n) is 3.12. The second kappa shape index (κ2) is 4.61. The Balaban J connectivity index is 2.19. The van der Waals surface area contributed by atoms with Crippen LogP contribution < -0.4 is 4.74 Å². The molecule has 82 valence electrons. The third-order valence-electron chi connectivity index (χ3n) is 2.05. The summed E-state index contributed by atoms with van der Waals surface area (Å²) in [4.78, 5) is 15.6. The van der Waals surface area contributed by atoms with Gasteiger partial charge in [0.05, 0.1) is 12.8 Å². The lowest BCUT2D eigenvalue weighted by molar-refractivity contribution is 0.100. The van der Waals surface area contributed by atoms with Gasteiger partial charge in [-0.3, -0.25) is 4.79 Å². The lowest BCUT2D eigenvalue weighted by Crippen LogP contribution is -2.01. The van der Waals surface area contributed by atoms with Gasteiger partial charge in [0.1, 0.15) is 12.0 Å². The van der Waals surface area contributed by atoms with E-state index >= 15 is 0 Å². The monoisotopic (exact) mass is 217 g/mol. The van der Waals surface area contributed by atoms with Crippen molar-refractivity contribution in [2.45, 2.75) is 6.92 Å². The van der Waals surface area contributed by atoms with Crippen LogP contribution in [0.2, 0.25) is 0 Å². The first kappa shape index (κ1) is 10.4. The van der Waals surface area contributed by atoms with Gasteiger partial charge in [0.15, 0.2) is 0 Å². The summed E-state index contributed by atoms with van der Waals surface area (Å²) >= 11 is 0. The molecular formula is C12H11NO3. The van der Waals surface area contributed by atoms with Crippen molar-refractivity contribution >= 4 is 5.78 Å². The standard InChI is InChI=1S/C12H11NO3/c1-2-15-10-5-3-9(4-6-10)11(14)12-13-7-8-16-12/h3-8H,2H2,1H3. The predicted molar refractivity (Wildman–Crippen MR) is 57.5 cm³/mol.